The molecule has 0 spiro atoms. The Morgan fingerprint density at radius 1 is 1.29 bits per heavy atom. The van der Waals surface area contributed by atoms with Gasteiger partial charge in [-0.05, 0) is 36.2 Å². The zero-order valence-corrected chi connectivity index (χ0v) is 13.4. The highest BCUT2D eigenvalue weighted by Gasteiger charge is 2.42. The molecule has 2 aliphatic rings. The van der Waals surface area contributed by atoms with Crippen molar-refractivity contribution < 1.29 is 4.79 Å². The molecule has 1 amide bonds. The average molecular weight is 309 g/mol. The number of carbonyl (C=O) groups excluding carboxylic acids is 1. The fourth-order valence-corrected chi connectivity index (χ4v) is 3.80. The Morgan fingerprint density at radius 2 is 2.00 bits per heavy atom. The molecule has 4 unspecified atom stereocenters. The zero-order valence-electron chi connectivity index (χ0n) is 12.6. The van der Waals surface area contributed by atoms with Gasteiger partial charge in [-0.15, -0.1) is 12.4 Å². The van der Waals surface area contributed by atoms with Crippen LogP contribution in [0, 0.1) is 11.8 Å². The van der Waals surface area contributed by atoms with Crippen LogP contribution in [0.3, 0.4) is 0 Å². The number of halogens is 1. The lowest BCUT2D eigenvalue weighted by molar-refractivity contribution is -0.130. The van der Waals surface area contributed by atoms with E-state index in [0.717, 1.165) is 19.5 Å². The third kappa shape index (κ3) is 3.41. The van der Waals surface area contributed by atoms with Crippen LogP contribution >= 0.6 is 12.4 Å². The summed E-state index contributed by atoms with van der Waals surface area (Å²) in [7, 11) is 0. The van der Waals surface area contributed by atoms with E-state index in [4.69, 9.17) is 5.73 Å². The number of nitrogens with zero attached hydrogens (tertiary/aromatic N) is 1. The fourth-order valence-electron chi connectivity index (χ4n) is 3.80. The Labute approximate surface area is 133 Å². The van der Waals surface area contributed by atoms with Crippen LogP contribution in [0.15, 0.2) is 30.3 Å². The number of benzene rings is 1. The van der Waals surface area contributed by atoms with E-state index in [2.05, 4.69) is 19.1 Å². The van der Waals surface area contributed by atoms with Crippen LogP contribution in [0.5, 0.6) is 0 Å². The van der Waals surface area contributed by atoms with Crippen molar-refractivity contribution in [3.8, 4) is 0 Å². The van der Waals surface area contributed by atoms with E-state index in [1.165, 1.54) is 12.0 Å². The number of hydrogen-bond donors (Lipinski definition) is 1. The molecule has 4 atom stereocenters. The van der Waals surface area contributed by atoms with Gasteiger partial charge in [0.25, 0.3) is 0 Å². The molecule has 1 saturated heterocycles. The van der Waals surface area contributed by atoms with Crippen molar-refractivity contribution in [2.45, 2.75) is 38.1 Å². The van der Waals surface area contributed by atoms with Crippen molar-refractivity contribution in [2.75, 3.05) is 13.1 Å². The molecule has 21 heavy (non-hydrogen) atoms. The Morgan fingerprint density at radius 3 is 2.67 bits per heavy atom. The molecule has 1 saturated carbocycles. The van der Waals surface area contributed by atoms with Crippen LogP contribution in [0.4, 0.5) is 0 Å². The van der Waals surface area contributed by atoms with E-state index < -0.39 is 0 Å². The molecule has 0 bridgehead atoms. The molecule has 1 aromatic carbocycles. The van der Waals surface area contributed by atoms with Crippen LogP contribution in [-0.4, -0.2) is 29.9 Å². The van der Waals surface area contributed by atoms with Gasteiger partial charge in [0.05, 0.1) is 0 Å². The summed E-state index contributed by atoms with van der Waals surface area (Å²) in [6.45, 7) is 3.95. The smallest absolute Gasteiger partial charge is 0.223 e. The quantitative estimate of drug-likeness (QED) is 0.933. The van der Waals surface area contributed by atoms with E-state index in [1.807, 2.05) is 23.1 Å². The molecule has 1 aliphatic carbocycles. The first-order valence-corrected chi connectivity index (χ1v) is 7.73. The lowest BCUT2D eigenvalue weighted by Crippen LogP contribution is -2.33. The number of rotatable bonds is 3. The molecule has 0 aromatic heterocycles. The molecule has 4 heteroatoms. The zero-order chi connectivity index (χ0) is 14.1. The average Bonchev–Trinajstić information content (AvgIpc) is 3.02. The van der Waals surface area contributed by atoms with Gasteiger partial charge in [0, 0.05) is 25.6 Å². The largest absolute Gasteiger partial charge is 0.342 e. The second kappa shape index (κ2) is 6.80. The second-order valence-corrected chi connectivity index (χ2v) is 6.48. The van der Waals surface area contributed by atoms with Gasteiger partial charge in [0.2, 0.25) is 5.91 Å². The lowest BCUT2D eigenvalue weighted by atomic mass is 9.97. The summed E-state index contributed by atoms with van der Waals surface area (Å²) in [4.78, 5) is 14.5. The van der Waals surface area contributed by atoms with E-state index in [0.29, 0.717) is 30.2 Å². The van der Waals surface area contributed by atoms with Crippen molar-refractivity contribution in [3.63, 3.8) is 0 Å². The van der Waals surface area contributed by atoms with Crippen LogP contribution in [-0.2, 0) is 4.79 Å². The van der Waals surface area contributed by atoms with Gasteiger partial charge in [-0.3, -0.25) is 4.79 Å². The highest BCUT2D eigenvalue weighted by atomic mass is 35.5. The highest BCUT2D eigenvalue weighted by molar-refractivity contribution is 5.85. The molecule has 3 nitrogen and oxygen atoms in total. The number of nitrogens with two attached hydrogens (primary N) is 1. The van der Waals surface area contributed by atoms with Crippen molar-refractivity contribution in [3.05, 3.63) is 35.9 Å². The molecule has 1 heterocycles. The fraction of sp³-hybridized carbons (Fsp3) is 0.588. The summed E-state index contributed by atoms with van der Waals surface area (Å²) in [6, 6.07) is 10.6. The van der Waals surface area contributed by atoms with Crippen LogP contribution < -0.4 is 5.73 Å². The molecular formula is C17H25ClN2O. The molecule has 3 rings (SSSR count). The molecule has 1 aromatic rings. The van der Waals surface area contributed by atoms with Gasteiger partial charge in [0.15, 0.2) is 0 Å². The summed E-state index contributed by atoms with van der Waals surface area (Å²) >= 11 is 0. The first kappa shape index (κ1) is 16.3. The number of likely N-dealkylation sites (tertiary alicyclic amines) is 1. The van der Waals surface area contributed by atoms with Gasteiger partial charge in [0.1, 0.15) is 0 Å². The predicted octanol–water partition coefficient (Wildman–Crippen LogP) is 2.80. The van der Waals surface area contributed by atoms with Crippen molar-refractivity contribution in [2.24, 2.45) is 17.6 Å². The Bertz CT molecular complexity index is 479. The topological polar surface area (TPSA) is 46.3 Å². The van der Waals surface area contributed by atoms with Crippen LogP contribution in [0.2, 0.25) is 0 Å². The lowest BCUT2D eigenvalue weighted by Gasteiger charge is -2.21. The van der Waals surface area contributed by atoms with Gasteiger partial charge in [-0.1, -0.05) is 37.3 Å². The first-order chi connectivity index (χ1) is 9.65. The van der Waals surface area contributed by atoms with Gasteiger partial charge in [-0.25, -0.2) is 0 Å². The number of amides is 1. The molecule has 0 radical (unpaired) electrons. The molecule has 2 fully saturated rings. The van der Waals surface area contributed by atoms with Crippen molar-refractivity contribution >= 4 is 18.3 Å². The maximum atomic E-state index is 12.5. The van der Waals surface area contributed by atoms with Gasteiger partial charge in [-0.2, -0.15) is 0 Å². The second-order valence-electron chi connectivity index (χ2n) is 6.48. The van der Waals surface area contributed by atoms with E-state index in [1.54, 1.807) is 0 Å². The van der Waals surface area contributed by atoms with Crippen LogP contribution in [0.1, 0.15) is 37.7 Å². The first-order valence-electron chi connectivity index (χ1n) is 7.73. The predicted molar refractivity (Wildman–Crippen MR) is 87.5 cm³/mol. The van der Waals surface area contributed by atoms with Crippen LogP contribution in [0.25, 0.3) is 0 Å². The minimum atomic E-state index is 0. The summed E-state index contributed by atoms with van der Waals surface area (Å²) < 4.78 is 0. The monoisotopic (exact) mass is 308 g/mol. The van der Waals surface area contributed by atoms with E-state index >= 15 is 0 Å². The normalized spacial score (nSPS) is 28.9. The molecule has 2 N–H and O–H groups in total. The molecular weight excluding hydrogens is 284 g/mol. The highest BCUT2D eigenvalue weighted by Crippen LogP contribution is 2.37. The summed E-state index contributed by atoms with van der Waals surface area (Å²) in [5, 5.41) is 0. The number of carbonyl (C=O) groups is 1. The number of hydrogen-bond acceptors (Lipinski definition) is 2. The Balaban J connectivity index is 0.00000161. The van der Waals surface area contributed by atoms with Crippen molar-refractivity contribution in [1.82, 2.24) is 4.90 Å². The van der Waals surface area contributed by atoms with Gasteiger partial charge < -0.3 is 10.6 Å². The standard InChI is InChI=1S/C17H24N2O.ClH/c1-12(13-5-3-2-4-6-13)9-17(20)19-10-14-7-8-16(18)15(14)11-19;/h2-6,12,14-16H,7-11,18H2,1H3;1H. The molecule has 1 aliphatic heterocycles. The molecule has 116 valence electrons. The summed E-state index contributed by atoms with van der Waals surface area (Å²) in [5.74, 6) is 1.78. The number of fused-ring (bicyclic) bond motifs is 1. The maximum Gasteiger partial charge on any atom is 0.223 e. The minimum Gasteiger partial charge on any atom is -0.342 e. The SMILES string of the molecule is CC(CC(=O)N1CC2CCC(N)C2C1)c1ccccc1.Cl. The van der Waals surface area contributed by atoms with Crippen molar-refractivity contribution in [1.29, 1.82) is 0 Å². The Hall–Kier alpha value is -1.06. The Kier molecular flexibility index (Phi) is 5.28. The minimum absolute atomic E-state index is 0. The van der Waals surface area contributed by atoms with E-state index in [-0.39, 0.29) is 18.3 Å². The van der Waals surface area contributed by atoms with Gasteiger partial charge >= 0.3 is 0 Å². The maximum absolute atomic E-state index is 12.5. The summed E-state index contributed by atoms with van der Waals surface area (Å²) in [6.07, 6.45) is 2.94. The third-order valence-corrected chi connectivity index (χ3v) is 5.11. The third-order valence-electron chi connectivity index (χ3n) is 5.11. The summed E-state index contributed by atoms with van der Waals surface area (Å²) in [5.41, 5.74) is 7.38. The van der Waals surface area contributed by atoms with E-state index in [9.17, 15) is 4.79 Å².